The van der Waals surface area contributed by atoms with Gasteiger partial charge in [-0.25, -0.2) is 4.98 Å². The quantitative estimate of drug-likeness (QED) is 0.576. The molecule has 132 valence electrons. The van der Waals surface area contributed by atoms with E-state index < -0.39 is 17.5 Å². The second-order valence-electron chi connectivity index (χ2n) is 5.95. The predicted octanol–water partition coefficient (Wildman–Crippen LogP) is 2.62. The Kier molecular flexibility index (Phi) is 3.77. The monoisotopic (exact) mass is 371 g/mol. The number of halogens is 1. The number of hydrogen-bond donors (Lipinski definition) is 2. The summed E-state index contributed by atoms with van der Waals surface area (Å²) in [6.45, 7) is 3.46. The van der Waals surface area contributed by atoms with Crippen LogP contribution in [0, 0.1) is 6.92 Å². The first-order valence-electron chi connectivity index (χ1n) is 7.86. The summed E-state index contributed by atoms with van der Waals surface area (Å²) < 4.78 is 6.87. The van der Waals surface area contributed by atoms with Crippen LogP contribution in [0.3, 0.4) is 0 Å². The Hall–Kier alpha value is -3.13. The molecule has 0 fully saturated rings. The number of aromatic amines is 1. The lowest BCUT2D eigenvalue weighted by molar-refractivity contribution is 0.0933. The van der Waals surface area contributed by atoms with Gasteiger partial charge in [0.05, 0.1) is 6.04 Å². The fourth-order valence-electron chi connectivity index (χ4n) is 2.71. The molecule has 0 saturated carbocycles. The summed E-state index contributed by atoms with van der Waals surface area (Å²) >= 11 is 5.98. The van der Waals surface area contributed by atoms with Crippen molar-refractivity contribution in [2.75, 3.05) is 0 Å². The number of nitrogens with zero attached hydrogens (tertiary/aromatic N) is 3. The van der Waals surface area contributed by atoms with Crippen molar-refractivity contribution in [1.82, 2.24) is 24.9 Å². The van der Waals surface area contributed by atoms with Crippen molar-refractivity contribution < 1.29 is 9.21 Å². The van der Waals surface area contributed by atoms with E-state index in [1.54, 1.807) is 38.1 Å². The molecule has 26 heavy (non-hydrogen) atoms. The van der Waals surface area contributed by atoms with Crippen LogP contribution in [0.5, 0.6) is 0 Å². The zero-order chi connectivity index (χ0) is 18.4. The molecule has 0 spiro atoms. The average Bonchev–Trinajstić information content (AvgIpc) is 3.17. The van der Waals surface area contributed by atoms with Gasteiger partial charge in [0.2, 0.25) is 0 Å². The lowest BCUT2D eigenvalue weighted by atomic mass is 10.2. The predicted molar refractivity (Wildman–Crippen MR) is 95.4 cm³/mol. The van der Waals surface area contributed by atoms with Gasteiger partial charge in [-0.05, 0) is 38.1 Å². The fourth-order valence-corrected chi connectivity index (χ4v) is 2.89. The normalized spacial score (nSPS) is 12.6. The van der Waals surface area contributed by atoms with Gasteiger partial charge in [0.1, 0.15) is 22.7 Å². The van der Waals surface area contributed by atoms with E-state index in [0.717, 1.165) is 9.90 Å². The Morgan fingerprint density at radius 1 is 1.38 bits per heavy atom. The van der Waals surface area contributed by atoms with E-state index >= 15 is 0 Å². The first kappa shape index (κ1) is 16.3. The highest BCUT2D eigenvalue weighted by Crippen LogP contribution is 2.26. The lowest BCUT2D eigenvalue weighted by Gasteiger charge is -2.10. The number of rotatable bonds is 3. The zero-order valence-corrected chi connectivity index (χ0v) is 14.7. The van der Waals surface area contributed by atoms with E-state index in [4.69, 9.17) is 16.0 Å². The molecule has 4 rings (SSSR count). The number of aryl methyl sites for hydroxylation is 1. The van der Waals surface area contributed by atoms with Gasteiger partial charge in [-0.15, -0.1) is 0 Å². The number of benzene rings is 1. The smallest absolute Gasteiger partial charge is 0.286 e. The Labute approximate surface area is 151 Å². The van der Waals surface area contributed by atoms with E-state index in [1.807, 2.05) is 0 Å². The molecule has 9 heteroatoms. The number of H-pyrrole nitrogens is 1. The molecule has 1 atom stereocenters. The molecule has 0 aliphatic rings. The molecule has 0 radical (unpaired) electrons. The van der Waals surface area contributed by atoms with Crippen LogP contribution >= 0.6 is 11.6 Å². The molecule has 3 aromatic heterocycles. The molecule has 2 N–H and O–H groups in total. The summed E-state index contributed by atoms with van der Waals surface area (Å²) in [5.74, 6) is 0.755. The number of carbonyl (C=O) groups is 1. The van der Waals surface area contributed by atoms with Crippen molar-refractivity contribution in [2.24, 2.45) is 0 Å². The SMILES string of the molecule is Cc1nc2ncc(C(=O)N[C@H](C)c3cc4cc(Cl)ccc4o3)c(=O)n2[nH]1. The third kappa shape index (κ3) is 2.74. The number of hydrogen-bond acceptors (Lipinski definition) is 5. The first-order chi connectivity index (χ1) is 12.4. The Morgan fingerprint density at radius 3 is 3.00 bits per heavy atom. The minimum Gasteiger partial charge on any atom is -0.459 e. The van der Waals surface area contributed by atoms with Crippen molar-refractivity contribution in [2.45, 2.75) is 19.9 Å². The van der Waals surface area contributed by atoms with Crippen molar-refractivity contribution in [3.8, 4) is 0 Å². The summed E-state index contributed by atoms with van der Waals surface area (Å²) in [5, 5.41) is 6.94. The second kappa shape index (κ2) is 5.99. The molecule has 0 aliphatic carbocycles. The Balaban J connectivity index is 1.62. The molecule has 1 amide bonds. The van der Waals surface area contributed by atoms with Crippen LogP contribution in [0.4, 0.5) is 0 Å². The third-order valence-corrected chi connectivity index (χ3v) is 4.24. The largest absolute Gasteiger partial charge is 0.459 e. The third-order valence-electron chi connectivity index (χ3n) is 4.00. The highest BCUT2D eigenvalue weighted by Gasteiger charge is 2.19. The van der Waals surface area contributed by atoms with Gasteiger partial charge in [0.25, 0.3) is 17.2 Å². The maximum Gasteiger partial charge on any atom is 0.286 e. The molecule has 0 unspecified atom stereocenters. The topological polar surface area (TPSA) is 105 Å². The highest BCUT2D eigenvalue weighted by molar-refractivity contribution is 6.31. The van der Waals surface area contributed by atoms with E-state index in [1.165, 1.54) is 6.20 Å². The number of furan rings is 1. The van der Waals surface area contributed by atoms with Crippen LogP contribution in [-0.2, 0) is 0 Å². The first-order valence-corrected chi connectivity index (χ1v) is 8.24. The minimum atomic E-state index is -0.546. The van der Waals surface area contributed by atoms with Crippen LogP contribution in [0.15, 0.2) is 39.7 Å². The number of fused-ring (bicyclic) bond motifs is 2. The standard InChI is InChI=1S/C17H14ClN5O3/c1-8(14-6-10-5-11(18)3-4-13(10)26-14)20-15(24)12-7-19-17-21-9(2)22-23(17)16(12)25/h3-8H,1-2H3,(H,20,24)(H,19,21,22)/t8-/m1/s1. The van der Waals surface area contributed by atoms with Crippen LogP contribution in [0.1, 0.15) is 34.9 Å². The van der Waals surface area contributed by atoms with Crippen LogP contribution < -0.4 is 10.9 Å². The van der Waals surface area contributed by atoms with Gasteiger partial charge in [0.15, 0.2) is 0 Å². The van der Waals surface area contributed by atoms with Gasteiger partial charge in [-0.1, -0.05) is 11.6 Å². The van der Waals surface area contributed by atoms with Gasteiger partial charge in [-0.2, -0.15) is 9.50 Å². The van der Waals surface area contributed by atoms with Crippen molar-refractivity contribution in [1.29, 1.82) is 0 Å². The molecular formula is C17H14ClN5O3. The summed E-state index contributed by atoms with van der Waals surface area (Å²) in [7, 11) is 0. The van der Waals surface area contributed by atoms with Gasteiger partial charge in [0, 0.05) is 16.6 Å². The highest BCUT2D eigenvalue weighted by atomic mass is 35.5. The van der Waals surface area contributed by atoms with Crippen LogP contribution in [0.2, 0.25) is 5.02 Å². The van der Waals surface area contributed by atoms with Gasteiger partial charge >= 0.3 is 0 Å². The van der Waals surface area contributed by atoms with Crippen LogP contribution in [0.25, 0.3) is 16.7 Å². The molecule has 0 aliphatic heterocycles. The molecule has 0 saturated heterocycles. The number of aromatic nitrogens is 4. The van der Waals surface area contributed by atoms with Crippen LogP contribution in [-0.4, -0.2) is 25.5 Å². The molecule has 1 aromatic carbocycles. The van der Waals surface area contributed by atoms with Crippen molar-refractivity contribution >= 4 is 34.3 Å². The molecule has 3 heterocycles. The van der Waals surface area contributed by atoms with Gasteiger partial charge in [-0.3, -0.25) is 14.7 Å². The van der Waals surface area contributed by atoms with E-state index in [-0.39, 0.29) is 11.3 Å². The second-order valence-corrected chi connectivity index (χ2v) is 6.38. The minimum absolute atomic E-state index is 0.0860. The maximum absolute atomic E-state index is 12.5. The molecule has 8 nitrogen and oxygen atoms in total. The fraction of sp³-hybridized carbons (Fsp3) is 0.176. The Bertz CT molecular complexity index is 1210. The maximum atomic E-state index is 12.5. The number of nitrogens with one attached hydrogen (secondary N) is 2. The van der Waals surface area contributed by atoms with E-state index in [2.05, 4.69) is 20.4 Å². The average molecular weight is 372 g/mol. The lowest BCUT2D eigenvalue weighted by Crippen LogP contribution is -2.33. The van der Waals surface area contributed by atoms with Gasteiger partial charge < -0.3 is 9.73 Å². The van der Waals surface area contributed by atoms with E-state index in [0.29, 0.717) is 22.2 Å². The number of amides is 1. The molecular weight excluding hydrogens is 358 g/mol. The van der Waals surface area contributed by atoms with Crippen molar-refractivity contribution in [3.05, 3.63) is 63.0 Å². The molecule has 0 bridgehead atoms. The number of carbonyl (C=O) groups excluding carboxylic acids is 1. The molecule has 4 aromatic rings. The summed E-state index contributed by atoms with van der Waals surface area (Å²) in [5.41, 5.74) is 0.0652. The summed E-state index contributed by atoms with van der Waals surface area (Å²) in [4.78, 5) is 33.0. The Morgan fingerprint density at radius 2 is 2.19 bits per heavy atom. The van der Waals surface area contributed by atoms with Crippen molar-refractivity contribution in [3.63, 3.8) is 0 Å². The zero-order valence-electron chi connectivity index (χ0n) is 13.9. The summed E-state index contributed by atoms with van der Waals surface area (Å²) in [6.07, 6.45) is 1.22. The summed E-state index contributed by atoms with van der Waals surface area (Å²) in [6, 6.07) is 6.63. The van der Waals surface area contributed by atoms with E-state index in [9.17, 15) is 9.59 Å².